The summed E-state index contributed by atoms with van der Waals surface area (Å²) in [4.78, 5) is 25.3. The standard InChI is InChI=1S/C25H25N3O5S/c1-31-15-16-32-21-13-7-5-11-19(21)23(29)26-25(34)28-27-24(30)20-12-6-8-14-22(20)33-17-18-9-3-2-4-10-18/h2-14H,15-17H2,1H3,(H,27,30)(H2,26,28,29,34). The number of ether oxygens (including phenoxy) is 3. The molecule has 0 aliphatic heterocycles. The predicted molar refractivity (Wildman–Crippen MR) is 132 cm³/mol. The van der Waals surface area contributed by atoms with Gasteiger partial charge in [-0.1, -0.05) is 54.6 Å². The third-order valence-corrected chi connectivity index (χ3v) is 4.77. The Morgan fingerprint density at radius 1 is 0.735 bits per heavy atom. The molecule has 3 N–H and O–H groups in total. The molecular formula is C25H25N3O5S. The molecule has 0 unspecified atom stereocenters. The molecular weight excluding hydrogens is 454 g/mol. The zero-order chi connectivity index (χ0) is 24.2. The fourth-order valence-corrected chi connectivity index (χ4v) is 3.06. The summed E-state index contributed by atoms with van der Waals surface area (Å²) in [5.41, 5.74) is 6.61. The Morgan fingerprint density at radius 2 is 1.32 bits per heavy atom. The fourth-order valence-electron chi connectivity index (χ4n) is 2.91. The van der Waals surface area contributed by atoms with Gasteiger partial charge >= 0.3 is 0 Å². The first-order valence-corrected chi connectivity index (χ1v) is 10.9. The van der Waals surface area contributed by atoms with Gasteiger partial charge in [-0.05, 0) is 42.0 Å². The first-order chi connectivity index (χ1) is 16.6. The number of benzene rings is 3. The number of para-hydroxylation sites is 2. The van der Waals surface area contributed by atoms with Crippen LogP contribution in [0.15, 0.2) is 78.9 Å². The number of hydrogen-bond donors (Lipinski definition) is 3. The zero-order valence-electron chi connectivity index (χ0n) is 18.6. The van der Waals surface area contributed by atoms with E-state index in [1.165, 1.54) is 0 Å². The largest absolute Gasteiger partial charge is 0.490 e. The lowest BCUT2D eigenvalue weighted by atomic mass is 10.2. The second-order valence-electron chi connectivity index (χ2n) is 6.97. The summed E-state index contributed by atoms with van der Waals surface area (Å²) in [7, 11) is 1.56. The van der Waals surface area contributed by atoms with Crippen molar-refractivity contribution in [3.8, 4) is 11.5 Å². The van der Waals surface area contributed by atoms with Crippen LogP contribution in [-0.2, 0) is 11.3 Å². The topological polar surface area (TPSA) is 97.9 Å². The molecule has 0 aromatic heterocycles. The normalized spacial score (nSPS) is 10.1. The molecule has 0 spiro atoms. The minimum atomic E-state index is -0.480. The SMILES string of the molecule is COCCOc1ccccc1C(=O)NC(=S)NNC(=O)c1ccccc1OCc1ccccc1. The lowest BCUT2D eigenvalue weighted by Crippen LogP contribution is -2.48. The Kier molecular flexibility index (Phi) is 9.39. The van der Waals surface area contributed by atoms with Crippen LogP contribution in [0, 0.1) is 0 Å². The third-order valence-electron chi connectivity index (χ3n) is 4.56. The minimum Gasteiger partial charge on any atom is -0.490 e. The Bertz CT molecular complexity index is 1120. The Balaban J connectivity index is 1.55. The van der Waals surface area contributed by atoms with Crippen LogP contribution in [0.3, 0.4) is 0 Å². The van der Waals surface area contributed by atoms with Gasteiger partial charge < -0.3 is 14.2 Å². The van der Waals surface area contributed by atoms with Crippen LogP contribution >= 0.6 is 12.2 Å². The molecule has 0 saturated heterocycles. The molecule has 0 fully saturated rings. The van der Waals surface area contributed by atoms with E-state index in [0.29, 0.717) is 42.4 Å². The van der Waals surface area contributed by atoms with E-state index < -0.39 is 11.8 Å². The number of hydrogen-bond acceptors (Lipinski definition) is 6. The Labute approximate surface area is 203 Å². The molecule has 0 radical (unpaired) electrons. The van der Waals surface area contributed by atoms with E-state index in [1.807, 2.05) is 30.3 Å². The van der Waals surface area contributed by atoms with E-state index >= 15 is 0 Å². The number of nitrogens with one attached hydrogen (secondary N) is 3. The lowest BCUT2D eigenvalue weighted by molar-refractivity contribution is 0.0929. The monoisotopic (exact) mass is 479 g/mol. The maximum Gasteiger partial charge on any atom is 0.273 e. The van der Waals surface area contributed by atoms with E-state index in [-0.39, 0.29) is 5.11 Å². The highest BCUT2D eigenvalue weighted by atomic mass is 32.1. The highest BCUT2D eigenvalue weighted by Gasteiger charge is 2.15. The highest BCUT2D eigenvalue weighted by molar-refractivity contribution is 7.80. The van der Waals surface area contributed by atoms with Crippen LogP contribution in [-0.4, -0.2) is 37.3 Å². The molecule has 0 aliphatic rings. The van der Waals surface area contributed by atoms with E-state index in [1.54, 1.807) is 55.6 Å². The molecule has 8 nitrogen and oxygen atoms in total. The molecule has 9 heteroatoms. The highest BCUT2D eigenvalue weighted by Crippen LogP contribution is 2.19. The number of carbonyl (C=O) groups excluding carboxylic acids is 2. The molecule has 34 heavy (non-hydrogen) atoms. The fraction of sp³-hybridized carbons (Fsp3) is 0.160. The van der Waals surface area contributed by atoms with Crippen molar-refractivity contribution in [1.82, 2.24) is 16.2 Å². The smallest absolute Gasteiger partial charge is 0.273 e. The zero-order valence-corrected chi connectivity index (χ0v) is 19.4. The van der Waals surface area contributed by atoms with Crippen LogP contribution in [0.25, 0.3) is 0 Å². The van der Waals surface area contributed by atoms with Crippen LogP contribution in [0.5, 0.6) is 11.5 Å². The second kappa shape index (κ2) is 12.9. The van der Waals surface area contributed by atoms with Gasteiger partial charge in [-0.2, -0.15) is 0 Å². The second-order valence-corrected chi connectivity index (χ2v) is 7.38. The van der Waals surface area contributed by atoms with Crippen molar-refractivity contribution in [2.45, 2.75) is 6.61 Å². The number of thiocarbonyl (C=S) groups is 1. The first-order valence-electron chi connectivity index (χ1n) is 10.5. The molecule has 3 rings (SSSR count). The maximum atomic E-state index is 12.7. The Hall–Kier alpha value is -3.95. The molecule has 0 atom stereocenters. The van der Waals surface area contributed by atoms with Gasteiger partial charge in [-0.3, -0.25) is 25.8 Å². The van der Waals surface area contributed by atoms with Gasteiger partial charge in [0.25, 0.3) is 11.8 Å². The third kappa shape index (κ3) is 7.29. The van der Waals surface area contributed by atoms with Crippen molar-refractivity contribution >= 4 is 29.1 Å². The summed E-state index contributed by atoms with van der Waals surface area (Å²) < 4.78 is 16.3. The molecule has 0 saturated carbocycles. The molecule has 176 valence electrons. The first kappa shape index (κ1) is 24.7. The molecule has 0 aliphatic carbocycles. The van der Waals surface area contributed by atoms with Gasteiger partial charge in [-0.15, -0.1) is 0 Å². The van der Waals surface area contributed by atoms with Crippen LogP contribution in [0.4, 0.5) is 0 Å². The maximum absolute atomic E-state index is 12.7. The molecule has 3 aromatic rings. The number of hydrazine groups is 1. The average molecular weight is 480 g/mol. The van der Waals surface area contributed by atoms with Crippen LogP contribution in [0.2, 0.25) is 0 Å². The molecule has 2 amide bonds. The summed E-state index contributed by atoms with van der Waals surface area (Å²) in [5, 5.41) is 2.44. The predicted octanol–water partition coefficient (Wildman–Crippen LogP) is 3.24. The van der Waals surface area contributed by atoms with Crippen LogP contribution in [0.1, 0.15) is 26.3 Å². The summed E-state index contributed by atoms with van der Waals surface area (Å²) >= 11 is 5.15. The van der Waals surface area contributed by atoms with Gasteiger partial charge in [0.1, 0.15) is 24.7 Å². The van der Waals surface area contributed by atoms with Gasteiger partial charge in [0.15, 0.2) is 5.11 Å². The number of carbonyl (C=O) groups is 2. The van der Waals surface area contributed by atoms with Crippen molar-refractivity contribution in [2.75, 3.05) is 20.3 Å². The number of methoxy groups -OCH3 is 1. The Morgan fingerprint density at radius 3 is 2.00 bits per heavy atom. The van der Waals surface area contributed by atoms with Crippen molar-refractivity contribution in [3.05, 3.63) is 95.6 Å². The van der Waals surface area contributed by atoms with Gasteiger partial charge in [0, 0.05) is 7.11 Å². The van der Waals surface area contributed by atoms with E-state index in [9.17, 15) is 9.59 Å². The van der Waals surface area contributed by atoms with Gasteiger partial charge in [0.05, 0.1) is 17.7 Å². The minimum absolute atomic E-state index is 0.0762. The summed E-state index contributed by atoms with van der Waals surface area (Å²) in [6.45, 7) is 1.00. The van der Waals surface area contributed by atoms with Crippen molar-refractivity contribution < 1.29 is 23.8 Å². The number of rotatable bonds is 9. The van der Waals surface area contributed by atoms with E-state index in [0.717, 1.165) is 5.56 Å². The van der Waals surface area contributed by atoms with Crippen molar-refractivity contribution in [3.63, 3.8) is 0 Å². The van der Waals surface area contributed by atoms with Crippen molar-refractivity contribution in [2.24, 2.45) is 0 Å². The summed E-state index contributed by atoms with van der Waals surface area (Å²) in [6.07, 6.45) is 0. The van der Waals surface area contributed by atoms with E-state index in [2.05, 4.69) is 16.2 Å². The average Bonchev–Trinajstić information content (AvgIpc) is 2.87. The molecule has 3 aromatic carbocycles. The number of amides is 2. The van der Waals surface area contributed by atoms with Crippen LogP contribution < -0.4 is 25.6 Å². The molecule has 0 heterocycles. The summed E-state index contributed by atoms with van der Waals surface area (Å²) in [6, 6.07) is 23.2. The lowest BCUT2D eigenvalue weighted by Gasteiger charge is -2.14. The molecule has 0 bridgehead atoms. The van der Waals surface area contributed by atoms with Crippen molar-refractivity contribution in [1.29, 1.82) is 0 Å². The van der Waals surface area contributed by atoms with E-state index in [4.69, 9.17) is 26.4 Å². The quantitative estimate of drug-likeness (QED) is 0.246. The summed E-state index contributed by atoms with van der Waals surface area (Å²) in [5.74, 6) is -0.133. The van der Waals surface area contributed by atoms with Gasteiger partial charge in [-0.25, -0.2) is 0 Å². The van der Waals surface area contributed by atoms with Gasteiger partial charge in [0.2, 0.25) is 0 Å².